The number of hydrogen-bond acceptors (Lipinski definition) is 3. The summed E-state index contributed by atoms with van der Waals surface area (Å²) in [5, 5.41) is 8.90. The van der Waals surface area contributed by atoms with Crippen LogP contribution < -0.4 is 4.74 Å². The average Bonchev–Trinajstić information content (AvgIpc) is 3.19. The van der Waals surface area contributed by atoms with Gasteiger partial charge in [-0.15, -0.1) is 0 Å². The van der Waals surface area contributed by atoms with E-state index in [1.165, 1.54) is 24.3 Å². The van der Waals surface area contributed by atoms with Gasteiger partial charge in [0, 0.05) is 29.8 Å². The molecule has 0 N–H and O–H groups in total. The zero-order valence-corrected chi connectivity index (χ0v) is 15.8. The molecule has 3 nitrogen and oxygen atoms in total. The molecule has 2 heterocycles. The number of halogens is 4. The summed E-state index contributed by atoms with van der Waals surface area (Å²) in [5.74, 6) is -1.20. The first kappa shape index (κ1) is 19.7. The van der Waals surface area contributed by atoms with Gasteiger partial charge in [0.05, 0.1) is 5.56 Å². The lowest BCUT2D eigenvalue weighted by Crippen LogP contribution is -2.30. The number of hydrogen-bond donors (Lipinski definition) is 0. The van der Waals surface area contributed by atoms with E-state index in [9.17, 15) is 17.6 Å². The number of benzene rings is 2. The lowest BCUT2D eigenvalue weighted by molar-refractivity contribution is -0.0506. The van der Waals surface area contributed by atoms with E-state index < -0.39 is 18.2 Å². The Morgan fingerprint density at radius 1 is 1.17 bits per heavy atom. The van der Waals surface area contributed by atoms with Crippen molar-refractivity contribution in [2.24, 2.45) is 5.92 Å². The van der Waals surface area contributed by atoms with Gasteiger partial charge in [0.15, 0.2) is 0 Å². The van der Waals surface area contributed by atoms with Gasteiger partial charge in [0.1, 0.15) is 23.5 Å². The van der Waals surface area contributed by atoms with Gasteiger partial charge >= 0.3 is 6.61 Å². The van der Waals surface area contributed by atoms with Gasteiger partial charge in [-0.05, 0) is 55.0 Å². The zero-order valence-electron chi connectivity index (χ0n) is 15.8. The molecule has 2 aliphatic heterocycles. The second-order valence-electron chi connectivity index (χ2n) is 7.77. The maximum absolute atomic E-state index is 14.8. The van der Waals surface area contributed by atoms with E-state index in [1.807, 2.05) is 0 Å². The Morgan fingerprint density at radius 3 is 2.55 bits per heavy atom. The molecule has 0 aromatic heterocycles. The molecule has 2 saturated heterocycles. The normalized spacial score (nSPS) is 23.6. The Balaban J connectivity index is 1.78. The minimum Gasteiger partial charge on any atom is -0.434 e. The number of fused-ring (bicyclic) bond motifs is 2. The van der Waals surface area contributed by atoms with E-state index in [4.69, 9.17) is 10.00 Å². The number of alkyl halides is 2. The highest BCUT2D eigenvalue weighted by Crippen LogP contribution is 2.44. The van der Waals surface area contributed by atoms with E-state index in [-0.39, 0.29) is 34.5 Å². The van der Waals surface area contributed by atoms with Gasteiger partial charge in [-0.3, -0.25) is 4.90 Å². The Kier molecular flexibility index (Phi) is 5.22. The van der Waals surface area contributed by atoms with E-state index in [0.717, 1.165) is 25.3 Å². The first-order valence-corrected chi connectivity index (χ1v) is 9.61. The smallest absolute Gasteiger partial charge is 0.387 e. The van der Waals surface area contributed by atoms with E-state index >= 15 is 0 Å². The van der Waals surface area contributed by atoms with Gasteiger partial charge in [0.25, 0.3) is 0 Å². The van der Waals surface area contributed by atoms with Crippen LogP contribution in [0.5, 0.6) is 5.75 Å². The van der Waals surface area contributed by atoms with Gasteiger partial charge in [-0.1, -0.05) is 13.0 Å². The molecule has 2 aromatic rings. The molecule has 0 radical (unpaired) electrons. The number of nitriles is 1. The fourth-order valence-corrected chi connectivity index (χ4v) is 4.82. The summed E-state index contributed by atoms with van der Waals surface area (Å²) >= 11 is 0. The van der Waals surface area contributed by atoms with Gasteiger partial charge in [-0.25, -0.2) is 8.78 Å². The van der Waals surface area contributed by atoms with Crippen LogP contribution in [0.15, 0.2) is 30.3 Å². The van der Waals surface area contributed by atoms with Crippen molar-refractivity contribution in [3.05, 3.63) is 53.1 Å². The highest BCUT2D eigenvalue weighted by atomic mass is 19.3. The summed E-state index contributed by atoms with van der Waals surface area (Å²) in [5.41, 5.74) is 0.314. The van der Waals surface area contributed by atoms with E-state index in [2.05, 4.69) is 11.8 Å². The Bertz CT molecular complexity index is 972. The summed E-state index contributed by atoms with van der Waals surface area (Å²) < 4.78 is 60.0. The molecule has 152 valence electrons. The van der Waals surface area contributed by atoms with Gasteiger partial charge in [-0.2, -0.15) is 14.0 Å². The quantitative estimate of drug-likeness (QED) is 0.620. The van der Waals surface area contributed by atoms with Crippen molar-refractivity contribution in [2.45, 2.75) is 51.4 Å². The molecule has 29 heavy (non-hydrogen) atoms. The highest BCUT2D eigenvalue weighted by Gasteiger charge is 2.44. The molecule has 2 bridgehead atoms. The van der Waals surface area contributed by atoms with Crippen molar-refractivity contribution in [1.29, 1.82) is 5.26 Å². The summed E-state index contributed by atoms with van der Waals surface area (Å²) in [6.07, 6.45) is 3.04. The summed E-state index contributed by atoms with van der Waals surface area (Å²) in [6, 6.07) is 8.62. The zero-order chi connectivity index (χ0) is 20.7. The average molecular weight is 404 g/mol. The van der Waals surface area contributed by atoms with Crippen molar-refractivity contribution in [3.8, 4) is 22.9 Å². The molecule has 0 amide bonds. The standard InChI is InChI=1S/C22H20F4N2O/c1-12-8-15-4-7-20(12)28(15)11-17-18(23)6-5-16(21(17)29-22(25)26)13-2-3-14(10-27)19(24)9-13/h2-3,5-6,9,12,15,20,22H,4,7-8,11H2,1H3/t12?,15-,20+/m0/s1. The van der Waals surface area contributed by atoms with Crippen molar-refractivity contribution in [2.75, 3.05) is 0 Å². The summed E-state index contributed by atoms with van der Waals surface area (Å²) in [7, 11) is 0. The summed E-state index contributed by atoms with van der Waals surface area (Å²) in [6.45, 7) is -0.827. The van der Waals surface area contributed by atoms with Crippen LogP contribution in [-0.4, -0.2) is 23.6 Å². The van der Waals surface area contributed by atoms with Crippen molar-refractivity contribution in [1.82, 2.24) is 4.90 Å². The molecule has 3 atom stereocenters. The van der Waals surface area contributed by atoms with Crippen LogP contribution >= 0.6 is 0 Å². The fourth-order valence-electron chi connectivity index (χ4n) is 4.82. The fraction of sp³-hybridized carbons (Fsp3) is 0.409. The third kappa shape index (κ3) is 3.58. The molecular formula is C22H20F4N2O. The van der Waals surface area contributed by atoms with Crippen LogP contribution in [-0.2, 0) is 6.54 Å². The Labute approximate surface area is 166 Å². The maximum Gasteiger partial charge on any atom is 0.387 e. The van der Waals surface area contributed by atoms with Crippen molar-refractivity contribution in [3.63, 3.8) is 0 Å². The van der Waals surface area contributed by atoms with Crippen LogP contribution in [0, 0.1) is 28.9 Å². The molecule has 1 unspecified atom stereocenters. The van der Waals surface area contributed by atoms with Crippen LogP contribution in [0.2, 0.25) is 0 Å². The SMILES string of the molecule is CC1C[C@@H]2CC[C@H]1N2Cc1c(F)ccc(-c2ccc(C#N)c(F)c2)c1OC(F)F. The molecular weight excluding hydrogens is 384 g/mol. The molecule has 4 rings (SSSR count). The first-order valence-electron chi connectivity index (χ1n) is 9.61. The predicted octanol–water partition coefficient (Wildman–Crippen LogP) is 5.48. The second kappa shape index (κ2) is 7.68. The van der Waals surface area contributed by atoms with Crippen LogP contribution in [0.25, 0.3) is 11.1 Å². The van der Waals surface area contributed by atoms with Crippen LogP contribution in [0.4, 0.5) is 17.6 Å². The minimum atomic E-state index is -3.15. The number of rotatable bonds is 5. The first-order chi connectivity index (χ1) is 13.9. The minimum absolute atomic E-state index is 0.0542. The number of nitrogens with zero attached hydrogens (tertiary/aromatic N) is 2. The molecule has 0 saturated carbocycles. The monoisotopic (exact) mass is 404 g/mol. The van der Waals surface area contributed by atoms with Crippen molar-refractivity contribution >= 4 is 0 Å². The van der Waals surface area contributed by atoms with E-state index in [0.29, 0.717) is 18.0 Å². The summed E-state index contributed by atoms with van der Waals surface area (Å²) in [4.78, 5) is 2.17. The Morgan fingerprint density at radius 2 is 1.97 bits per heavy atom. The largest absolute Gasteiger partial charge is 0.434 e. The van der Waals surface area contributed by atoms with Crippen LogP contribution in [0.1, 0.15) is 37.3 Å². The van der Waals surface area contributed by atoms with Gasteiger partial charge < -0.3 is 4.74 Å². The van der Waals surface area contributed by atoms with Gasteiger partial charge in [0.2, 0.25) is 0 Å². The van der Waals surface area contributed by atoms with Crippen LogP contribution in [0.3, 0.4) is 0 Å². The predicted molar refractivity (Wildman–Crippen MR) is 99.3 cm³/mol. The Hall–Kier alpha value is -2.59. The number of ether oxygens (including phenoxy) is 1. The second-order valence-corrected chi connectivity index (χ2v) is 7.77. The molecule has 0 aliphatic carbocycles. The molecule has 0 spiro atoms. The topological polar surface area (TPSA) is 36.3 Å². The molecule has 2 aliphatic rings. The third-order valence-corrected chi connectivity index (χ3v) is 6.14. The molecule has 2 fully saturated rings. The third-order valence-electron chi connectivity index (χ3n) is 6.14. The molecule has 2 aromatic carbocycles. The molecule has 7 heteroatoms. The van der Waals surface area contributed by atoms with Crippen molar-refractivity contribution < 1.29 is 22.3 Å². The maximum atomic E-state index is 14.8. The lowest BCUT2D eigenvalue weighted by atomic mass is 9.91. The lowest BCUT2D eigenvalue weighted by Gasteiger charge is -2.25. The highest BCUT2D eigenvalue weighted by molar-refractivity contribution is 5.73. The van der Waals surface area contributed by atoms with E-state index in [1.54, 1.807) is 6.07 Å².